The molecule has 1 atom stereocenters. The minimum absolute atomic E-state index is 0. The number of rotatable bonds is 1. The molecule has 2 aliphatic rings. The van der Waals surface area contributed by atoms with Gasteiger partial charge >= 0.3 is 206 Å². The Labute approximate surface area is 229 Å². The molecule has 4 rings (SSSR count). The molecule has 0 amide bonds. The molecule has 0 saturated carbocycles. The molecule has 0 heterocycles. The van der Waals surface area contributed by atoms with Crippen molar-refractivity contribution in [2.24, 2.45) is 5.41 Å². The molecule has 0 spiro atoms. The van der Waals surface area contributed by atoms with Crippen molar-refractivity contribution in [2.75, 3.05) is 0 Å². The summed E-state index contributed by atoms with van der Waals surface area (Å²) in [6, 6.07) is 12.1. The Morgan fingerprint density at radius 2 is 1.36 bits per heavy atom. The average molecular weight is 560 g/mol. The van der Waals surface area contributed by atoms with Gasteiger partial charge in [-0.05, 0) is 0 Å². The number of halogens is 2. The molecule has 2 aromatic carbocycles. The van der Waals surface area contributed by atoms with Gasteiger partial charge in [0.1, 0.15) is 0 Å². The molecule has 33 heavy (non-hydrogen) atoms. The smallest absolute Gasteiger partial charge is 1.00 e. The third-order valence-corrected chi connectivity index (χ3v) is 8.39. The van der Waals surface area contributed by atoms with Crippen LogP contribution in [0.4, 0.5) is 0 Å². The monoisotopic (exact) mass is 557 g/mol. The van der Waals surface area contributed by atoms with Crippen LogP contribution in [-0.2, 0) is 35.5 Å². The molecule has 0 N–H and O–H groups in total. The van der Waals surface area contributed by atoms with E-state index < -0.39 is 0 Å². The van der Waals surface area contributed by atoms with Gasteiger partial charge in [0.15, 0.2) is 0 Å². The molecule has 0 aliphatic heterocycles. The second kappa shape index (κ2) is 9.45. The summed E-state index contributed by atoms with van der Waals surface area (Å²) in [5.41, 5.74) is 14.0. The molecular weight excluding hydrogens is 522 g/mol. The Hall–Kier alpha value is -0.617. The fraction of sp³-hybridized carbons (Fsp3) is 0.467. The van der Waals surface area contributed by atoms with Gasteiger partial charge in [0.25, 0.3) is 0 Å². The molecule has 2 aromatic rings. The van der Waals surface area contributed by atoms with Crippen molar-refractivity contribution in [1.29, 1.82) is 0 Å². The normalized spacial score (nSPS) is 17.5. The largest absolute Gasteiger partial charge is 1.00 e. The van der Waals surface area contributed by atoms with Gasteiger partial charge in [-0.3, -0.25) is 0 Å². The number of allylic oxidation sites excluding steroid dienone is 4. The summed E-state index contributed by atoms with van der Waals surface area (Å²) in [5.74, 6) is 0. The standard InChI is InChI=1S/C30H37.2ClH.Zr/c1-28(2,3)21-11-10-19(16-21)27-25-18-20-17-22(29(4,5)6)12-13-23(20)24(25)14-15-26(27)30(7,8)9;;;/h11-18H,10H2,1-9H3;2*1H;/q;;;+2/p-2. The van der Waals surface area contributed by atoms with Crippen LogP contribution in [0.3, 0.4) is 0 Å². The fourth-order valence-corrected chi connectivity index (χ4v) is 6.34. The van der Waals surface area contributed by atoms with Crippen LogP contribution in [0.5, 0.6) is 0 Å². The quantitative estimate of drug-likeness (QED) is 0.504. The Morgan fingerprint density at radius 3 is 1.88 bits per heavy atom. The van der Waals surface area contributed by atoms with E-state index in [1.54, 1.807) is 30.3 Å². The summed E-state index contributed by atoms with van der Waals surface area (Å²) in [5, 5.41) is 0. The van der Waals surface area contributed by atoms with Crippen molar-refractivity contribution in [2.45, 2.75) is 83.2 Å². The van der Waals surface area contributed by atoms with Gasteiger partial charge in [-0.15, -0.1) is 0 Å². The van der Waals surface area contributed by atoms with Gasteiger partial charge in [0.2, 0.25) is 0 Å². The predicted molar refractivity (Wildman–Crippen MR) is 131 cm³/mol. The summed E-state index contributed by atoms with van der Waals surface area (Å²) >= 11 is 1.59. The van der Waals surface area contributed by atoms with E-state index in [0.717, 1.165) is 6.42 Å². The van der Waals surface area contributed by atoms with Crippen molar-refractivity contribution in [3.05, 3.63) is 75.9 Å². The minimum atomic E-state index is 0. The van der Waals surface area contributed by atoms with Gasteiger partial charge in [-0.25, -0.2) is 0 Å². The first-order valence-corrected chi connectivity index (χ1v) is 13.1. The third-order valence-electron chi connectivity index (χ3n) is 6.92. The Balaban J connectivity index is 0.00000193. The average Bonchev–Trinajstić information content (AvgIpc) is 3.24. The van der Waals surface area contributed by atoms with Crippen LogP contribution >= 0.6 is 0 Å². The van der Waals surface area contributed by atoms with E-state index in [0.29, 0.717) is 3.63 Å². The van der Waals surface area contributed by atoms with Crippen molar-refractivity contribution >= 4 is 5.57 Å². The van der Waals surface area contributed by atoms with Crippen LogP contribution in [0.15, 0.2) is 48.1 Å². The maximum absolute atomic E-state index is 2.50. The van der Waals surface area contributed by atoms with E-state index >= 15 is 0 Å². The van der Waals surface area contributed by atoms with E-state index in [2.05, 4.69) is 105 Å². The van der Waals surface area contributed by atoms with Crippen LogP contribution in [0.1, 0.15) is 100 Å². The zero-order valence-corrected chi connectivity index (χ0v) is 25.6. The second-order valence-corrected chi connectivity index (χ2v) is 13.9. The fourth-order valence-electron chi connectivity index (χ4n) is 5.02. The van der Waals surface area contributed by atoms with Crippen LogP contribution < -0.4 is 24.8 Å². The number of hydrogen-bond acceptors (Lipinski definition) is 0. The summed E-state index contributed by atoms with van der Waals surface area (Å²) in [7, 11) is 0. The van der Waals surface area contributed by atoms with Crippen LogP contribution in [0, 0.1) is 5.41 Å². The van der Waals surface area contributed by atoms with E-state index in [4.69, 9.17) is 0 Å². The van der Waals surface area contributed by atoms with Gasteiger partial charge < -0.3 is 24.8 Å². The Morgan fingerprint density at radius 1 is 0.758 bits per heavy atom. The molecule has 0 bridgehead atoms. The molecule has 0 fully saturated rings. The zero-order chi connectivity index (χ0) is 22.9. The second-order valence-electron chi connectivity index (χ2n) is 12.5. The van der Waals surface area contributed by atoms with Gasteiger partial charge in [-0.1, -0.05) is 0 Å². The van der Waals surface area contributed by atoms with Crippen molar-refractivity contribution in [3.8, 4) is 11.1 Å². The van der Waals surface area contributed by atoms with Gasteiger partial charge in [0, 0.05) is 0 Å². The van der Waals surface area contributed by atoms with Crippen LogP contribution in [-0.4, -0.2) is 0 Å². The van der Waals surface area contributed by atoms with Crippen molar-refractivity contribution in [3.63, 3.8) is 0 Å². The van der Waals surface area contributed by atoms with E-state index in [1.165, 1.54) is 44.5 Å². The maximum atomic E-state index is 2.50. The summed E-state index contributed by atoms with van der Waals surface area (Å²) in [4.78, 5) is 0. The van der Waals surface area contributed by atoms with Gasteiger partial charge in [-0.2, -0.15) is 0 Å². The maximum Gasteiger partial charge on any atom is -1.00 e. The summed E-state index contributed by atoms with van der Waals surface area (Å²) < 4.78 is 0.511. The van der Waals surface area contributed by atoms with E-state index in [-0.39, 0.29) is 41.1 Å². The van der Waals surface area contributed by atoms with Crippen LogP contribution in [0.25, 0.3) is 16.7 Å². The predicted octanol–water partition coefficient (Wildman–Crippen LogP) is 2.67. The molecule has 2 aliphatic carbocycles. The molecule has 1 unspecified atom stereocenters. The first kappa shape index (κ1) is 28.6. The molecule has 3 heteroatoms. The number of hydrogen-bond donors (Lipinski definition) is 0. The molecule has 175 valence electrons. The van der Waals surface area contributed by atoms with Crippen molar-refractivity contribution in [1.82, 2.24) is 0 Å². The number of fused-ring (bicyclic) bond motifs is 3. The van der Waals surface area contributed by atoms with Crippen molar-refractivity contribution < 1.29 is 49.5 Å². The molecule has 0 aromatic heterocycles. The zero-order valence-electron chi connectivity index (χ0n) is 21.6. The Bertz CT molecular complexity index is 1120. The SMILES string of the molecule is CC(C)(C)C1=CCC(c2c(C(C)(C)C)ccc3c2[CH]([Zr+2])c2cc(C(C)(C)C)ccc2-3)=C1.[Cl-].[Cl-]. The van der Waals surface area contributed by atoms with E-state index in [9.17, 15) is 0 Å². The van der Waals surface area contributed by atoms with E-state index in [1.807, 2.05) is 0 Å². The van der Waals surface area contributed by atoms with Crippen LogP contribution in [0.2, 0.25) is 0 Å². The molecule has 0 nitrogen and oxygen atoms in total. The first-order chi connectivity index (χ1) is 14.2. The van der Waals surface area contributed by atoms with Gasteiger partial charge in [0.05, 0.1) is 0 Å². The topological polar surface area (TPSA) is 0 Å². The molecular formula is C30H37Cl2Zr. The third kappa shape index (κ3) is 5.17. The minimum Gasteiger partial charge on any atom is -1.00 e. The first-order valence-electron chi connectivity index (χ1n) is 11.6. The number of benzene rings is 2. The molecule has 0 saturated heterocycles. The Kier molecular flexibility index (Phi) is 8.19. The summed E-state index contributed by atoms with van der Waals surface area (Å²) in [6.07, 6.45) is 6.01. The molecule has 0 radical (unpaired) electrons. The summed E-state index contributed by atoms with van der Waals surface area (Å²) in [6.45, 7) is 21.0.